The van der Waals surface area contributed by atoms with Crippen LogP contribution in [0, 0.1) is 0 Å². The van der Waals surface area contributed by atoms with Gasteiger partial charge in [-0.2, -0.15) is 0 Å². The van der Waals surface area contributed by atoms with E-state index in [-0.39, 0.29) is 0 Å². The van der Waals surface area contributed by atoms with Gasteiger partial charge in [-0.15, -0.1) is 0 Å². The zero-order valence-corrected chi connectivity index (χ0v) is 9.17. The fraction of sp³-hybridized carbons (Fsp3) is 0.444. The number of aliphatic hydroxyl groups is 1. The van der Waals surface area contributed by atoms with Crippen molar-refractivity contribution in [2.75, 3.05) is 6.61 Å². The van der Waals surface area contributed by atoms with Gasteiger partial charge in [-0.25, -0.2) is 14.6 Å². The minimum atomic E-state index is -1.32. The molecule has 0 aliphatic rings. The summed E-state index contributed by atoms with van der Waals surface area (Å²) in [5.41, 5.74) is 0. The molecule has 0 saturated carbocycles. The van der Waals surface area contributed by atoms with E-state index in [4.69, 9.17) is 10.2 Å². The van der Waals surface area contributed by atoms with Crippen LogP contribution in [0.3, 0.4) is 0 Å². The molecule has 2 unspecified atom stereocenters. The molecule has 0 radical (unpaired) electrons. The zero-order valence-electron chi connectivity index (χ0n) is 9.17. The number of aliphatic hydroxyl groups excluding tert-OH is 1. The van der Waals surface area contributed by atoms with E-state index in [0.29, 0.717) is 5.82 Å². The van der Waals surface area contributed by atoms with Crippen LogP contribution >= 0.6 is 0 Å². The molecule has 0 bridgehead atoms. The predicted molar refractivity (Wildman–Crippen MR) is 57.2 cm³/mol. The van der Waals surface area contributed by atoms with Crippen molar-refractivity contribution in [3.8, 4) is 0 Å². The van der Waals surface area contributed by atoms with Gasteiger partial charge in [-0.1, -0.05) is 0 Å². The fourth-order valence-corrected chi connectivity index (χ4v) is 1.16. The van der Waals surface area contributed by atoms with Crippen LogP contribution in [-0.2, 0) is 4.79 Å². The van der Waals surface area contributed by atoms with Crippen molar-refractivity contribution >= 4 is 12.0 Å². The third-order valence-corrected chi connectivity index (χ3v) is 2.06. The van der Waals surface area contributed by atoms with E-state index in [1.165, 1.54) is 0 Å². The average Bonchev–Trinajstić information content (AvgIpc) is 2.78. The van der Waals surface area contributed by atoms with Crippen LogP contribution in [0.15, 0.2) is 12.4 Å². The second-order valence-corrected chi connectivity index (χ2v) is 3.39. The first-order valence-electron chi connectivity index (χ1n) is 4.94. The number of aromatic amines is 1. The van der Waals surface area contributed by atoms with Gasteiger partial charge in [0.05, 0.1) is 12.6 Å². The van der Waals surface area contributed by atoms with Crippen LogP contribution in [0.2, 0.25) is 0 Å². The van der Waals surface area contributed by atoms with Crippen molar-refractivity contribution in [1.29, 1.82) is 0 Å². The Morgan fingerprint density at radius 3 is 2.71 bits per heavy atom. The number of carboxylic acids is 1. The number of urea groups is 1. The van der Waals surface area contributed by atoms with Crippen molar-refractivity contribution in [3.05, 3.63) is 18.2 Å². The number of hydrogen-bond donors (Lipinski definition) is 5. The Kier molecular flexibility index (Phi) is 4.46. The molecule has 94 valence electrons. The maximum absolute atomic E-state index is 11.4. The van der Waals surface area contributed by atoms with Crippen molar-refractivity contribution in [2.45, 2.75) is 19.0 Å². The highest BCUT2D eigenvalue weighted by atomic mass is 16.4. The molecule has 1 rings (SSSR count). The topological polar surface area (TPSA) is 127 Å². The highest BCUT2D eigenvalue weighted by Gasteiger charge is 2.20. The molecule has 0 aliphatic heterocycles. The van der Waals surface area contributed by atoms with Gasteiger partial charge in [0, 0.05) is 12.4 Å². The van der Waals surface area contributed by atoms with Gasteiger partial charge in [-0.3, -0.25) is 0 Å². The van der Waals surface area contributed by atoms with Crippen molar-refractivity contribution in [1.82, 2.24) is 20.6 Å². The Labute approximate surface area is 97.1 Å². The average molecular weight is 242 g/mol. The second kappa shape index (κ2) is 5.85. The summed E-state index contributed by atoms with van der Waals surface area (Å²) in [4.78, 5) is 28.7. The van der Waals surface area contributed by atoms with E-state index in [1.54, 1.807) is 19.3 Å². The van der Waals surface area contributed by atoms with Crippen LogP contribution in [0.1, 0.15) is 18.8 Å². The zero-order chi connectivity index (χ0) is 12.8. The van der Waals surface area contributed by atoms with Crippen LogP contribution in [0.4, 0.5) is 4.79 Å². The first-order chi connectivity index (χ1) is 8.04. The molecule has 8 heteroatoms. The Morgan fingerprint density at radius 1 is 1.53 bits per heavy atom. The smallest absolute Gasteiger partial charge is 0.328 e. The molecule has 0 aromatic carbocycles. The summed E-state index contributed by atoms with van der Waals surface area (Å²) in [7, 11) is 0. The van der Waals surface area contributed by atoms with Gasteiger partial charge in [0.2, 0.25) is 0 Å². The van der Waals surface area contributed by atoms with Gasteiger partial charge in [0.25, 0.3) is 0 Å². The third-order valence-electron chi connectivity index (χ3n) is 2.06. The van der Waals surface area contributed by atoms with Crippen molar-refractivity contribution < 1.29 is 19.8 Å². The third kappa shape index (κ3) is 3.76. The Bertz CT molecular complexity index is 378. The molecule has 1 aromatic rings. The van der Waals surface area contributed by atoms with Gasteiger partial charge in [-0.05, 0) is 6.92 Å². The largest absolute Gasteiger partial charge is 0.480 e. The maximum atomic E-state index is 11.4. The molecule has 17 heavy (non-hydrogen) atoms. The van der Waals surface area contributed by atoms with Gasteiger partial charge < -0.3 is 25.8 Å². The summed E-state index contributed by atoms with van der Waals surface area (Å²) >= 11 is 0. The lowest BCUT2D eigenvalue weighted by Gasteiger charge is -2.15. The summed E-state index contributed by atoms with van der Waals surface area (Å²) in [6.45, 7) is 1.02. The number of imidazole rings is 1. The number of carbonyl (C=O) groups excluding carboxylic acids is 1. The molecule has 2 atom stereocenters. The Morgan fingerprint density at radius 2 is 2.24 bits per heavy atom. The Balaban J connectivity index is 2.47. The standard InChI is InChI=1S/C9H14N4O4/c1-5(7-10-2-3-11-7)12-9(17)13-6(4-14)8(15)16/h2-3,5-6,14H,4H2,1H3,(H,10,11)(H,15,16)(H2,12,13,17). The van der Waals surface area contributed by atoms with Gasteiger partial charge in [0.15, 0.2) is 6.04 Å². The van der Waals surface area contributed by atoms with Crippen LogP contribution in [-0.4, -0.2) is 44.8 Å². The minimum Gasteiger partial charge on any atom is -0.480 e. The molecule has 8 nitrogen and oxygen atoms in total. The number of carboxylic acid groups (broad SMARTS) is 1. The van der Waals surface area contributed by atoms with E-state index in [9.17, 15) is 9.59 Å². The summed E-state index contributed by atoms with van der Waals surface area (Å²) in [5.74, 6) is -0.746. The molecule has 1 aromatic heterocycles. The number of aliphatic carboxylic acids is 1. The number of hydrogen-bond acceptors (Lipinski definition) is 4. The number of rotatable bonds is 5. The SMILES string of the molecule is CC(NC(=O)NC(CO)C(=O)O)c1ncc[nH]1. The van der Waals surface area contributed by atoms with E-state index < -0.39 is 30.7 Å². The van der Waals surface area contributed by atoms with Crippen molar-refractivity contribution in [3.63, 3.8) is 0 Å². The molecule has 0 fully saturated rings. The number of aromatic nitrogens is 2. The van der Waals surface area contributed by atoms with Crippen LogP contribution in [0.25, 0.3) is 0 Å². The first-order valence-corrected chi connectivity index (χ1v) is 4.94. The molecular formula is C9H14N4O4. The van der Waals surface area contributed by atoms with Crippen molar-refractivity contribution in [2.24, 2.45) is 0 Å². The minimum absolute atomic E-state index is 0.391. The molecule has 1 heterocycles. The van der Waals surface area contributed by atoms with E-state index in [0.717, 1.165) is 0 Å². The molecule has 2 amide bonds. The number of nitrogens with zero attached hydrogens (tertiary/aromatic N) is 1. The Hall–Kier alpha value is -2.09. The quantitative estimate of drug-likeness (QED) is 0.462. The lowest BCUT2D eigenvalue weighted by molar-refractivity contribution is -0.140. The first kappa shape index (κ1) is 13.0. The van der Waals surface area contributed by atoms with Gasteiger partial charge in [0.1, 0.15) is 5.82 Å². The summed E-state index contributed by atoms with van der Waals surface area (Å²) < 4.78 is 0. The number of carbonyl (C=O) groups is 2. The van der Waals surface area contributed by atoms with E-state index >= 15 is 0 Å². The van der Waals surface area contributed by atoms with E-state index in [2.05, 4.69) is 20.6 Å². The lowest BCUT2D eigenvalue weighted by Crippen LogP contribution is -2.48. The predicted octanol–water partition coefficient (Wildman–Crippen LogP) is -0.785. The maximum Gasteiger partial charge on any atom is 0.328 e. The number of nitrogens with one attached hydrogen (secondary N) is 3. The van der Waals surface area contributed by atoms with Crippen LogP contribution < -0.4 is 10.6 Å². The van der Waals surface area contributed by atoms with Gasteiger partial charge >= 0.3 is 12.0 Å². The second-order valence-electron chi connectivity index (χ2n) is 3.39. The molecule has 0 aliphatic carbocycles. The number of H-pyrrole nitrogens is 1. The van der Waals surface area contributed by atoms with Crippen LogP contribution in [0.5, 0.6) is 0 Å². The normalized spacial score (nSPS) is 13.8. The highest BCUT2D eigenvalue weighted by Crippen LogP contribution is 2.04. The summed E-state index contributed by atoms with van der Waals surface area (Å²) in [5, 5.41) is 21.9. The monoisotopic (exact) mass is 242 g/mol. The summed E-state index contributed by atoms with van der Waals surface area (Å²) in [6.07, 6.45) is 3.15. The lowest BCUT2D eigenvalue weighted by atomic mass is 10.3. The molecular weight excluding hydrogens is 228 g/mol. The molecule has 0 saturated heterocycles. The molecule has 0 spiro atoms. The summed E-state index contributed by atoms with van der Waals surface area (Å²) in [6, 6.07) is -2.40. The fourth-order valence-electron chi connectivity index (χ4n) is 1.16. The number of amides is 2. The van der Waals surface area contributed by atoms with E-state index in [1.807, 2.05) is 0 Å². The highest BCUT2D eigenvalue weighted by molar-refractivity contribution is 5.82. The molecule has 5 N–H and O–H groups in total.